The van der Waals surface area contributed by atoms with Crippen molar-refractivity contribution in [1.82, 2.24) is 20.1 Å². The summed E-state index contributed by atoms with van der Waals surface area (Å²) in [6, 6.07) is 0.394. The van der Waals surface area contributed by atoms with E-state index in [0.717, 1.165) is 30.1 Å². The fourth-order valence-corrected chi connectivity index (χ4v) is 5.43. The predicted molar refractivity (Wildman–Crippen MR) is 78.1 cm³/mol. The molecule has 0 amide bonds. The van der Waals surface area contributed by atoms with Crippen LogP contribution >= 0.6 is 0 Å². The summed E-state index contributed by atoms with van der Waals surface area (Å²) in [6.07, 6.45) is 10.4. The Morgan fingerprint density at radius 1 is 1.20 bits per heavy atom. The van der Waals surface area contributed by atoms with Gasteiger partial charge < -0.3 is 5.32 Å². The van der Waals surface area contributed by atoms with E-state index < -0.39 is 0 Å². The second-order valence-electron chi connectivity index (χ2n) is 7.77. The Bertz CT molecular complexity index is 455. The van der Waals surface area contributed by atoms with Gasteiger partial charge in [0.05, 0.1) is 6.54 Å². The fourth-order valence-electron chi connectivity index (χ4n) is 5.43. The smallest absolute Gasteiger partial charge is 0.141 e. The average Bonchev–Trinajstić information content (AvgIpc) is 2.83. The van der Waals surface area contributed by atoms with E-state index in [2.05, 4.69) is 29.2 Å². The van der Waals surface area contributed by atoms with Crippen molar-refractivity contribution >= 4 is 0 Å². The Labute approximate surface area is 121 Å². The molecule has 20 heavy (non-hydrogen) atoms. The van der Waals surface area contributed by atoms with Crippen LogP contribution in [-0.2, 0) is 6.54 Å². The first-order chi connectivity index (χ1) is 9.63. The molecule has 0 unspecified atom stereocenters. The van der Waals surface area contributed by atoms with Crippen LogP contribution in [-0.4, -0.2) is 20.3 Å². The third-order valence-corrected chi connectivity index (χ3v) is 5.80. The monoisotopic (exact) mass is 274 g/mol. The summed E-state index contributed by atoms with van der Waals surface area (Å²) in [7, 11) is 0. The van der Waals surface area contributed by atoms with Crippen LogP contribution in [0.4, 0.5) is 0 Å². The molecule has 0 aliphatic heterocycles. The SMILES string of the molecule is CC(C)n1ncnc1CNC12CC3CC(CC(C3)C1)C2. The molecule has 0 radical (unpaired) electrons. The van der Waals surface area contributed by atoms with E-state index >= 15 is 0 Å². The molecular formula is C16H26N4. The highest BCUT2D eigenvalue weighted by Crippen LogP contribution is 2.55. The molecule has 1 N–H and O–H groups in total. The summed E-state index contributed by atoms with van der Waals surface area (Å²) < 4.78 is 2.05. The maximum atomic E-state index is 4.44. The summed E-state index contributed by atoms with van der Waals surface area (Å²) in [4.78, 5) is 4.44. The van der Waals surface area contributed by atoms with Gasteiger partial charge in [-0.05, 0) is 70.1 Å². The lowest BCUT2D eigenvalue weighted by molar-refractivity contribution is -0.0210. The van der Waals surface area contributed by atoms with Crippen molar-refractivity contribution in [3.05, 3.63) is 12.2 Å². The minimum Gasteiger partial charge on any atom is -0.304 e. The molecule has 4 aliphatic carbocycles. The Morgan fingerprint density at radius 3 is 2.35 bits per heavy atom. The lowest BCUT2D eigenvalue weighted by atomic mass is 9.53. The first kappa shape index (κ1) is 12.8. The van der Waals surface area contributed by atoms with E-state index in [4.69, 9.17) is 0 Å². The van der Waals surface area contributed by atoms with Crippen LogP contribution in [0.1, 0.15) is 64.2 Å². The minimum atomic E-state index is 0.394. The van der Waals surface area contributed by atoms with Crippen LogP contribution in [0.2, 0.25) is 0 Å². The van der Waals surface area contributed by atoms with Crippen LogP contribution < -0.4 is 5.32 Å². The third kappa shape index (κ3) is 2.09. The largest absolute Gasteiger partial charge is 0.304 e. The first-order valence-electron chi connectivity index (χ1n) is 8.27. The maximum absolute atomic E-state index is 4.44. The molecule has 5 rings (SSSR count). The number of hydrogen-bond acceptors (Lipinski definition) is 3. The Morgan fingerprint density at radius 2 is 1.80 bits per heavy atom. The van der Waals surface area contributed by atoms with Gasteiger partial charge >= 0.3 is 0 Å². The second-order valence-corrected chi connectivity index (χ2v) is 7.77. The molecule has 1 aromatic rings. The molecular weight excluding hydrogens is 248 g/mol. The molecule has 4 bridgehead atoms. The van der Waals surface area contributed by atoms with Gasteiger partial charge in [-0.2, -0.15) is 5.10 Å². The topological polar surface area (TPSA) is 42.7 Å². The van der Waals surface area contributed by atoms with Gasteiger partial charge in [-0.3, -0.25) is 0 Å². The van der Waals surface area contributed by atoms with Gasteiger partial charge in [0.25, 0.3) is 0 Å². The first-order valence-corrected chi connectivity index (χ1v) is 8.27. The molecule has 4 fully saturated rings. The van der Waals surface area contributed by atoms with Gasteiger partial charge in [-0.1, -0.05) is 0 Å². The molecule has 1 aromatic heterocycles. The molecule has 4 heteroatoms. The quantitative estimate of drug-likeness (QED) is 0.918. The van der Waals surface area contributed by atoms with Crippen molar-refractivity contribution in [1.29, 1.82) is 0 Å². The van der Waals surface area contributed by atoms with Crippen LogP contribution in [0.15, 0.2) is 6.33 Å². The van der Waals surface area contributed by atoms with Gasteiger partial charge in [0.2, 0.25) is 0 Å². The second kappa shape index (κ2) is 4.55. The van der Waals surface area contributed by atoms with Gasteiger partial charge in [0.1, 0.15) is 12.2 Å². The molecule has 110 valence electrons. The lowest BCUT2D eigenvalue weighted by Gasteiger charge is -2.57. The van der Waals surface area contributed by atoms with Crippen molar-refractivity contribution in [3.63, 3.8) is 0 Å². The van der Waals surface area contributed by atoms with E-state index in [0.29, 0.717) is 11.6 Å². The van der Waals surface area contributed by atoms with Gasteiger partial charge in [0.15, 0.2) is 0 Å². The van der Waals surface area contributed by atoms with E-state index in [1.807, 2.05) is 4.68 Å². The van der Waals surface area contributed by atoms with Crippen molar-refractivity contribution in [3.8, 4) is 0 Å². The van der Waals surface area contributed by atoms with Gasteiger partial charge in [0, 0.05) is 11.6 Å². The highest BCUT2D eigenvalue weighted by atomic mass is 15.4. The molecule has 0 atom stereocenters. The zero-order valence-corrected chi connectivity index (χ0v) is 12.7. The summed E-state index contributed by atoms with van der Waals surface area (Å²) in [5.41, 5.74) is 0.419. The Kier molecular flexibility index (Phi) is 2.92. The number of hydrogen-bond donors (Lipinski definition) is 1. The number of rotatable bonds is 4. The van der Waals surface area contributed by atoms with E-state index in [9.17, 15) is 0 Å². The van der Waals surface area contributed by atoms with Crippen LogP contribution in [0, 0.1) is 17.8 Å². The number of nitrogens with one attached hydrogen (secondary N) is 1. The third-order valence-electron chi connectivity index (χ3n) is 5.80. The van der Waals surface area contributed by atoms with Crippen molar-refractivity contribution in [2.75, 3.05) is 0 Å². The summed E-state index contributed by atoms with van der Waals surface area (Å²) >= 11 is 0. The molecule has 4 nitrogen and oxygen atoms in total. The molecule has 1 heterocycles. The van der Waals surface area contributed by atoms with Gasteiger partial charge in [-0.25, -0.2) is 9.67 Å². The highest BCUT2D eigenvalue weighted by Gasteiger charge is 2.50. The van der Waals surface area contributed by atoms with Crippen molar-refractivity contribution in [2.24, 2.45) is 17.8 Å². The van der Waals surface area contributed by atoms with Crippen molar-refractivity contribution in [2.45, 2.75) is 70.5 Å². The Balaban J connectivity index is 1.48. The molecule has 0 aromatic carbocycles. The van der Waals surface area contributed by atoms with Crippen LogP contribution in [0.25, 0.3) is 0 Å². The van der Waals surface area contributed by atoms with Crippen LogP contribution in [0.3, 0.4) is 0 Å². The number of aromatic nitrogens is 3. The predicted octanol–water partition coefficient (Wildman–Crippen LogP) is 2.92. The average molecular weight is 274 g/mol. The van der Waals surface area contributed by atoms with Crippen molar-refractivity contribution < 1.29 is 0 Å². The Hall–Kier alpha value is -0.900. The molecule has 4 aliphatic rings. The molecule has 0 saturated heterocycles. The van der Waals surface area contributed by atoms with Gasteiger partial charge in [-0.15, -0.1) is 0 Å². The number of nitrogens with zero attached hydrogens (tertiary/aromatic N) is 3. The molecule has 4 saturated carbocycles. The lowest BCUT2D eigenvalue weighted by Crippen LogP contribution is -2.58. The zero-order chi connectivity index (χ0) is 13.7. The summed E-state index contributed by atoms with van der Waals surface area (Å²) in [6.45, 7) is 5.22. The van der Waals surface area contributed by atoms with E-state index in [1.165, 1.54) is 38.5 Å². The molecule has 0 spiro atoms. The van der Waals surface area contributed by atoms with Crippen LogP contribution in [0.5, 0.6) is 0 Å². The normalized spacial score (nSPS) is 38.9. The maximum Gasteiger partial charge on any atom is 0.141 e. The summed E-state index contributed by atoms with van der Waals surface area (Å²) in [5.74, 6) is 4.08. The van der Waals surface area contributed by atoms with E-state index in [1.54, 1.807) is 6.33 Å². The summed E-state index contributed by atoms with van der Waals surface area (Å²) in [5, 5.41) is 8.25. The minimum absolute atomic E-state index is 0.394. The fraction of sp³-hybridized carbons (Fsp3) is 0.875. The standard InChI is InChI=1S/C16H26N4/c1-11(2)20-15(17-10-19-20)9-18-16-6-12-3-13(7-16)5-14(4-12)8-16/h10-14,18H,3-9H2,1-2H3. The zero-order valence-electron chi connectivity index (χ0n) is 12.7. The van der Waals surface area contributed by atoms with E-state index in [-0.39, 0.29) is 0 Å². The highest BCUT2D eigenvalue weighted by molar-refractivity contribution is 5.07.